The highest BCUT2D eigenvalue weighted by atomic mass is 16.2. The molecule has 8 heteroatoms. The van der Waals surface area contributed by atoms with Crippen molar-refractivity contribution in [3.8, 4) is 5.69 Å². The molecule has 0 unspecified atom stereocenters. The van der Waals surface area contributed by atoms with Gasteiger partial charge < -0.3 is 15.5 Å². The van der Waals surface area contributed by atoms with Crippen molar-refractivity contribution < 1.29 is 9.59 Å². The van der Waals surface area contributed by atoms with Gasteiger partial charge in [-0.05, 0) is 58.5 Å². The van der Waals surface area contributed by atoms with Crippen LogP contribution in [0, 0.1) is 0 Å². The summed E-state index contributed by atoms with van der Waals surface area (Å²) >= 11 is 0. The molecule has 2 rings (SSSR count). The molecular formula is C18H26N6O2. The Balaban J connectivity index is 1.75. The van der Waals surface area contributed by atoms with E-state index in [9.17, 15) is 9.59 Å². The number of anilines is 1. The number of carbonyl (C=O) groups is 2. The van der Waals surface area contributed by atoms with Gasteiger partial charge in [0.1, 0.15) is 12.7 Å². The highest BCUT2D eigenvalue weighted by molar-refractivity contribution is 6.39. The summed E-state index contributed by atoms with van der Waals surface area (Å²) in [6, 6.07) is 7.61. The van der Waals surface area contributed by atoms with Crippen LogP contribution in [-0.4, -0.2) is 57.7 Å². The maximum Gasteiger partial charge on any atom is 0.313 e. The van der Waals surface area contributed by atoms with E-state index in [2.05, 4.69) is 46.6 Å². The molecule has 26 heavy (non-hydrogen) atoms. The van der Waals surface area contributed by atoms with E-state index in [1.54, 1.807) is 35.4 Å². The predicted molar refractivity (Wildman–Crippen MR) is 100.0 cm³/mol. The Hall–Kier alpha value is -2.74. The van der Waals surface area contributed by atoms with Crippen LogP contribution in [0.3, 0.4) is 0 Å². The number of carbonyl (C=O) groups excluding carboxylic acids is 2. The van der Waals surface area contributed by atoms with Crippen LogP contribution in [-0.2, 0) is 9.59 Å². The van der Waals surface area contributed by atoms with E-state index in [0.717, 1.165) is 25.1 Å². The minimum Gasteiger partial charge on any atom is -0.348 e. The molecule has 0 aliphatic heterocycles. The first-order valence-corrected chi connectivity index (χ1v) is 8.72. The van der Waals surface area contributed by atoms with Crippen molar-refractivity contribution in [2.75, 3.05) is 25.5 Å². The lowest BCUT2D eigenvalue weighted by molar-refractivity contribution is -0.136. The number of benzene rings is 1. The SMILES string of the molecule is CC(C)N(C)CCCCNC(=O)C(=O)Nc1cccc(-n2cnnc2)c1. The van der Waals surface area contributed by atoms with E-state index < -0.39 is 11.8 Å². The van der Waals surface area contributed by atoms with Crippen molar-refractivity contribution in [3.05, 3.63) is 36.9 Å². The van der Waals surface area contributed by atoms with Gasteiger partial charge in [-0.25, -0.2) is 0 Å². The highest BCUT2D eigenvalue weighted by Crippen LogP contribution is 2.13. The molecule has 0 saturated carbocycles. The average molecular weight is 358 g/mol. The normalized spacial score (nSPS) is 11.0. The lowest BCUT2D eigenvalue weighted by Crippen LogP contribution is -2.36. The summed E-state index contributed by atoms with van der Waals surface area (Å²) in [4.78, 5) is 26.2. The van der Waals surface area contributed by atoms with Crippen LogP contribution >= 0.6 is 0 Å². The zero-order valence-corrected chi connectivity index (χ0v) is 15.5. The predicted octanol–water partition coefficient (Wildman–Crippen LogP) is 1.44. The first-order chi connectivity index (χ1) is 12.5. The topological polar surface area (TPSA) is 92.2 Å². The molecule has 8 nitrogen and oxygen atoms in total. The number of aromatic nitrogens is 3. The van der Waals surface area contributed by atoms with E-state index in [4.69, 9.17) is 0 Å². The van der Waals surface area contributed by atoms with Gasteiger partial charge in [-0.1, -0.05) is 6.07 Å². The first-order valence-electron chi connectivity index (χ1n) is 8.72. The highest BCUT2D eigenvalue weighted by Gasteiger charge is 2.13. The Morgan fingerprint density at radius 1 is 1.15 bits per heavy atom. The third-order valence-electron chi connectivity index (χ3n) is 4.13. The van der Waals surface area contributed by atoms with Gasteiger partial charge >= 0.3 is 11.8 Å². The number of hydrogen-bond acceptors (Lipinski definition) is 5. The second-order valence-electron chi connectivity index (χ2n) is 6.41. The number of hydrogen-bond donors (Lipinski definition) is 2. The fourth-order valence-electron chi connectivity index (χ4n) is 2.29. The minimum atomic E-state index is -0.676. The van der Waals surface area contributed by atoms with Crippen LogP contribution in [0.1, 0.15) is 26.7 Å². The van der Waals surface area contributed by atoms with Gasteiger partial charge in [0.05, 0.1) is 5.69 Å². The van der Waals surface area contributed by atoms with E-state index in [1.165, 1.54) is 0 Å². The van der Waals surface area contributed by atoms with Crippen molar-refractivity contribution in [2.24, 2.45) is 0 Å². The molecular weight excluding hydrogens is 332 g/mol. The van der Waals surface area contributed by atoms with E-state index in [-0.39, 0.29) is 0 Å². The molecule has 0 saturated heterocycles. The molecule has 0 spiro atoms. The van der Waals surface area contributed by atoms with Crippen molar-refractivity contribution in [2.45, 2.75) is 32.7 Å². The van der Waals surface area contributed by atoms with Crippen molar-refractivity contribution in [1.29, 1.82) is 0 Å². The molecule has 0 atom stereocenters. The van der Waals surface area contributed by atoms with Gasteiger partial charge in [0.25, 0.3) is 0 Å². The zero-order chi connectivity index (χ0) is 18.9. The largest absolute Gasteiger partial charge is 0.348 e. The Morgan fingerprint density at radius 3 is 2.58 bits per heavy atom. The summed E-state index contributed by atoms with van der Waals surface area (Å²) in [5, 5.41) is 12.7. The molecule has 0 fully saturated rings. The number of amides is 2. The number of rotatable bonds is 8. The van der Waals surface area contributed by atoms with Crippen molar-refractivity contribution in [1.82, 2.24) is 25.0 Å². The van der Waals surface area contributed by atoms with Gasteiger partial charge in [-0.3, -0.25) is 14.2 Å². The summed E-state index contributed by atoms with van der Waals surface area (Å²) in [6.07, 6.45) is 4.92. The molecule has 0 radical (unpaired) electrons. The van der Waals surface area contributed by atoms with Gasteiger partial charge in [-0.15, -0.1) is 10.2 Å². The Labute approximate surface area is 153 Å². The molecule has 0 bridgehead atoms. The summed E-state index contributed by atoms with van der Waals surface area (Å²) in [6.45, 7) is 5.74. The lowest BCUT2D eigenvalue weighted by atomic mass is 10.2. The molecule has 2 aromatic rings. The van der Waals surface area contributed by atoms with Gasteiger partial charge in [-0.2, -0.15) is 0 Å². The van der Waals surface area contributed by atoms with Crippen LogP contribution in [0.2, 0.25) is 0 Å². The second-order valence-corrected chi connectivity index (χ2v) is 6.41. The first kappa shape index (κ1) is 19.6. The Bertz CT molecular complexity index is 714. The molecule has 1 aromatic heterocycles. The molecule has 140 valence electrons. The summed E-state index contributed by atoms with van der Waals surface area (Å²) in [7, 11) is 2.07. The Morgan fingerprint density at radius 2 is 1.88 bits per heavy atom. The number of nitrogens with zero attached hydrogens (tertiary/aromatic N) is 4. The lowest BCUT2D eigenvalue weighted by Gasteiger charge is -2.20. The standard InChI is InChI=1S/C18H26N6O2/c1-14(2)23(3)10-5-4-9-19-17(25)18(26)22-15-7-6-8-16(11-15)24-12-20-21-13-24/h6-8,11-14H,4-5,9-10H2,1-3H3,(H,19,25)(H,22,26). The molecule has 2 N–H and O–H groups in total. The van der Waals surface area contributed by atoms with Gasteiger partial charge in [0.2, 0.25) is 0 Å². The molecule has 2 amide bonds. The monoisotopic (exact) mass is 358 g/mol. The number of unbranched alkanes of at least 4 members (excludes halogenated alkanes) is 1. The molecule has 0 aliphatic rings. The van der Waals surface area contributed by atoms with E-state index in [0.29, 0.717) is 18.3 Å². The van der Waals surface area contributed by atoms with Gasteiger partial charge in [0.15, 0.2) is 0 Å². The third kappa shape index (κ3) is 5.96. The van der Waals surface area contributed by atoms with Crippen molar-refractivity contribution in [3.63, 3.8) is 0 Å². The third-order valence-corrected chi connectivity index (χ3v) is 4.13. The second kappa shape index (κ2) is 9.67. The maximum absolute atomic E-state index is 12.0. The van der Waals surface area contributed by atoms with Crippen LogP contribution in [0.25, 0.3) is 5.69 Å². The Kier molecular flexibility index (Phi) is 7.28. The van der Waals surface area contributed by atoms with E-state index in [1.807, 2.05) is 6.07 Å². The quantitative estimate of drug-likeness (QED) is 0.550. The minimum absolute atomic E-state index is 0.485. The fraction of sp³-hybridized carbons (Fsp3) is 0.444. The van der Waals surface area contributed by atoms with E-state index >= 15 is 0 Å². The summed E-state index contributed by atoms with van der Waals surface area (Å²) in [5.74, 6) is -1.30. The zero-order valence-electron chi connectivity index (χ0n) is 15.5. The maximum atomic E-state index is 12.0. The summed E-state index contributed by atoms with van der Waals surface area (Å²) in [5.41, 5.74) is 1.33. The van der Waals surface area contributed by atoms with Crippen LogP contribution in [0.4, 0.5) is 5.69 Å². The molecule has 1 aromatic carbocycles. The summed E-state index contributed by atoms with van der Waals surface area (Å²) < 4.78 is 1.71. The molecule has 0 aliphatic carbocycles. The smallest absolute Gasteiger partial charge is 0.313 e. The van der Waals surface area contributed by atoms with Crippen LogP contribution in [0.15, 0.2) is 36.9 Å². The molecule has 1 heterocycles. The fourth-order valence-corrected chi connectivity index (χ4v) is 2.29. The van der Waals surface area contributed by atoms with Crippen LogP contribution < -0.4 is 10.6 Å². The number of nitrogens with one attached hydrogen (secondary N) is 2. The van der Waals surface area contributed by atoms with Crippen LogP contribution in [0.5, 0.6) is 0 Å². The van der Waals surface area contributed by atoms with Gasteiger partial charge in [0, 0.05) is 18.3 Å². The van der Waals surface area contributed by atoms with Crippen molar-refractivity contribution >= 4 is 17.5 Å². The average Bonchev–Trinajstić information content (AvgIpc) is 3.15.